The van der Waals surface area contributed by atoms with Crippen molar-refractivity contribution in [1.29, 1.82) is 0 Å². The number of hydrogen-bond donors (Lipinski definition) is 1. The maximum atomic E-state index is 5.34. The molecule has 0 bridgehead atoms. The molecule has 1 aromatic heterocycles. The SMILES string of the molecule is Cl.NCCc1noc(C2CC2)n1. The van der Waals surface area contributed by atoms with E-state index in [1.54, 1.807) is 0 Å². The minimum absolute atomic E-state index is 0. The van der Waals surface area contributed by atoms with Crippen LogP contribution < -0.4 is 5.73 Å². The van der Waals surface area contributed by atoms with Crippen LogP contribution in [-0.2, 0) is 6.42 Å². The van der Waals surface area contributed by atoms with Gasteiger partial charge in [0.05, 0.1) is 0 Å². The quantitative estimate of drug-likeness (QED) is 0.767. The Labute approximate surface area is 76.9 Å². The van der Waals surface area contributed by atoms with Crippen LogP contribution in [-0.4, -0.2) is 16.7 Å². The first-order chi connectivity index (χ1) is 5.40. The molecular formula is C7H12ClN3O. The number of hydrogen-bond acceptors (Lipinski definition) is 4. The van der Waals surface area contributed by atoms with Crippen molar-refractivity contribution < 1.29 is 4.52 Å². The van der Waals surface area contributed by atoms with Gasteiger partial charge in [0.2, 0.25) is 5.89 Å². The number of aromatic nitrogens is 2. The van der Waals surface area contributed by atoms with E-state index in [4.69, 9.17) is 10.3 Å². The van der Waals surface area contributed by atoms with Gasteiger partial charge >= 0.3 is 0 Å². The summed E-state index contributed by atoms with van der Waals surface area (Å²) in [5.74, 6) is 2.09. The van der Waals surface area contributed by atoms with Crippen LogP contribution in [0.2, 0.25) is 0 Å². The summed E-state index contributed by atoms with van der Waals surface area (Å²) in [7, 11) is 0. The molecule has 0 radical (unpaired) electrons. The Kier molecular flexibility index (Phi) is 3.05. The number of nitrogens with two attached hydrogens (primary N) is 1. The molecule has 4 nitrogen and oxygen atoms in total. The van der Waals surface area contributed by atoms with Gasteiger partial charge in [0, 0.05) is 12.3 Å². The lowest BCUT2D eigenvalue weighted by Gasteiger charge is -1.83. The molecule has 0 aromatic carbocycles. The summed E-state index contributed by atoms with van der Waals surface area (Å²) < 4.78 is 5.02. The second-order valence-corrected chi connectivity index (χ2v) is 2.86. The largest absolute Gasteiger partial charge is 0.339 e. The monoisotopic (exact) mass is 189 g/mol. The Bertz CT molecular complexity index is 247. The molecule has 0 aliphatic heterocycles. The fourth-order valence-corrected chi connectivity index (χ4v) is 0.994. The lowest BCUT2D eigenvalue weighted by molar-refractivity contribution is 0.374. The first kappa shape index (κ1) is 9.48. The molecule has 1 fully saturated rings. The van der Waals surface area contributed by atoms with Crippen LogP contribution in [0, 0.1) is 0 Å². The van der Waals surface area contributed by atoms with Crippen molar-refractivity contribution in [3.05, 3.63) is 11.7 Å². The molecule has 68 valence electrons. The Morgan fingerprint density at radius 2 is 2.25 bits per heavy atom. The van der Waals surface area contributed by atoms with E-state index in [0.29, 0.717) is 12.5 Å². The second kappa shape index (κ2) is 3.87. The number of nitrogens with zero attached hydrogens (tertiary/aromatic N) is 2. The molecule has 1 aliphatic rings. The molecule has 1 saturated carbocycles. The summed E-state index contributed by atoms with van der Waals surface area (Å²) in [4.78, 5) is 4.20. The summed E-state index contributed by atoms with van der Waals surface area (Å²) in [5, 5.41) is 3.80. The van der Waals surface area contributed by atoms with Crippen molar-refractivity contribution >= 4 is 12.4 Å². The molecule has 0 saturated heterocycles. The molecule has 2 N–H and O–H groups in total. The van der Waals surface area contributed by atoms with Gasteiger partial charge in [-0.3, -0.25) is 0 Å². The van der Waals surface area contributed by atoms with Crippen molar-refractivity contribution in [2.45, 2.75) is 25.2 Å². The fraction of sp³-hybridized carbons (Fsp3) is 0.714. The Hall–Kier alpha value is -0.610. The first-order valence-corrected chi connectivity index (χ1v) is 3.92. The van der Waals surface area contributed by atoms with Gasteiger partial charge < -0.3 is 10.3 Å². The highest BCUT2D eigenvalue weighted by Gasteiger charge is 2.29. The predicted molar refractivity (Wildman–Crippen MR) is 46.3 cm³/mol. The smallest absolute Gasteiger partial charge is 0.229 e. The van der Waals surface area contributed by atoms with E-state index in [2.05, 4.69) is 10.1 Å². The van der Waals surface area contributed by atoms with Crippen molar-refractivity contribution in [3.63, 3.8) is 0 Å². The molecule has 0 atom stereocenters. The topological polar surface area (TPSA) is 64.9 Å². The predicted octanol–water partition coefficient (Wildman–Crippen LogP) is 0.870. The summed E-state index contributed by atoms with van der Waals surface area (Å²) >= 11 is 0. The molecule has 1 aromatic rings. The normalized spacial score (nSPS) is 15.8. The van der Waals surface area contributed by atoms with Crippen LogP contribution in [0.15, 0.2) is 4.52 Å². The van der Waals surface area contributed by atoms with Crippen LogP contribution in [0.5, 0.6) is 0 Å². The summed E-state index contributed by atoms with van der Waals surface area (Å²) in [6.45, 7) is 0.587. The summed E-state index contributed by atoms with van der Waals surface area (Å²) in [6, 6.07) is 0. The van der Waals surface area contributed by atoms with Crippen molar-refractivity contribution in [3.8, 4) is 0 Å². The number of halogens is 1. The molecular weight excluding hydrogens is 178 g/mol. The Balaban J connectivity index is 0.000000720. The lowest BCUT2D eigenvalue weighted by Crippen LogP contribution is -2.03. The van der Waals surface area contributed by atoms with Crippen LogP contribution in [0.25, 0.3) is 0 Å². The standard InChI is InChI=1S/C7H11N3O.ClH/c8-4-3-6-9-7(11-10-6)5-1-2-5;/h5H,1-4,8H2;1H. The van der Waals surface area contributed by atoms with Crippen LogP contribution in [0.3, 0.4) is 0 Å². The molecule has 2 rings (SSSR count). The van der Waals surface area contributed by atoms with E-state index in [9.17, 15) is 0 Å². The molecule has 1 heterocycles. The Morgan fingerprint density at radius 3 is 2.83 bits per heavy atom. The Morgan fingerprint density at radius 1 is 1.50 bits per heavy atom. The summed E-state index contributed by atoms with van der Waals surface area (Å²) in [5.41, 5.74) is 5.34. The third kappa shape index (κ3) is 1.95. The van der Waals surface area contributed by atoms with Crippen LogP contribution in [0.1, 0.15) is 30.5 Å². The zero-order valence-corrected chi connectivity index (χ0v) is 7.51. The van der Waals surface area contributed by atoms with E-state index < -0.39 is 0 Å². The first-order valence-electron chi connectivity index (χ1n) is 3.92. The van der Waals surface area contributed by atoms with Gasteiger partial charge in [0.15, 0.2) is 5.82 Å². The minimum atomic E-state index is 0. The second-order valence-electron chi connectivity index (χ2n) is 2.86. The zero-order chi connectivity index (χ0) is 7.68. The van der Waals surface area contributed by atoms with Gasteiger partial charge in [-0.1, -0.05) is 5.16 Å². The average Bonchev–Trinajstić information content (AvgIpc) is 2.75. The molecule has 5 heteroatoms. The van der Waals surface area contributed by atoms with Gasteiger partial charge in [-0.25, -0.2) is 0 Å². The zero-order valence-electron chi connectivity index (χ0n) is 6.69. The average molecular weight is 190 g/mol. The summed E-state index contributed by atoms with van der Waals surface area (Å²) in [6.07, 6.45) is 3.12. The minimum Gasteiger partial charge on any atom is -0.339 e. The highest BCUT2D eigenvalue weighted by atomic mass is 35.5. The van der Waals surface area contributed by atoms with Crippen LogP contribution >= 0.6 is 12.4 Å². The molecule has 0 amide bonds. The van der Waals surface area contributed by atoms with Crippen molar-refractivity contribution in [1.82, 2.24) is 10.1 Å². The molecule has 1 aliphatic carbocycles. The highest BCUT2D eigenvalue weighted by Crippen LogP contribution is 2.38. The van der Waals surface area contributed by atoms with E-state index in [-0.39, 0.29) is 12.4 Å². The van der Waals surface area contributed by atoms with Gasteiger partial charge in [-0.2, -0.15) is 4.98 Å². The van der Waals surface area contributed by atoms with Crippen LogP contribution in [0.4, 0.5) is 0 Å². The van der Waals surface area contributed by atoms with Crippen molar-refractivity contribution in [2.75, 3.05) is 6.54 Å². The third-order valence-electron chi connectivity index (χ3n) is 1.78. The number of rotatable bonds is 3. The lowest BCUT2D eigenvalue weighted by atomic mass is 10.4. The molecule has 12 heavy (non-hydrogen) atoms. The molecule has 0 unspecified atom stereocenters. The van der Waals surface area contributed by atoms with E-state index >= 15 is 0 Å². The highest BCUT2D eigenvalue weighted by molar-refractivity contribution is 5.85. The van der Waals surface area contributed by atoms with E-state index in [1.165, 1.54) is 12.8 Å². The maximum Gasteiger partial charge on any atom is 0.229 e. The van der Waals surface area contributed by atoms with E-state index in [0.717, 1.165) is 18.1 Å². The fourth-order valence-electron chi connectivity index (χ4n) is 0.994. The van der Waals surface area contributed by atoms with E-state index in [1.807, 2.05) is 0 Å². The van der Waals surface area contributed by atoms with Gasteiger partial charge in [0.25, 0.3) is 0 Å². The van der Waals surface area contributed by atoms with Gasteiger partial charge in [-0.05, 0) is 19.4 Å². The van der Waals surface area contributed by atoms with Crippen molar-refractivity contribution in [2.24, 2.45) is 5.73 Å². The van der Waals surface area contributed by atoms with Gasteiger partial charge in [0.1, 0.15) is 0 Å². The maximum absolute atomic E-state index is 5.34. The third-order valence-corrected chi connectivity index (χ3v) is 1.78. The van der Waals surface area contributed by atoms with Gasteiger partial charge in [-0.15, -0.1) is 12.4 Å². The molecule has 0 spiro atoms.